The number of amides is 1. The Morgan fingerprint density at radius 2 is 2.22 bits per heavy atom. The quantitative estimate of drug-likeness (QED) is 0.880. The van der Waals surface area contributed by atoms with Gasteiger partial charge in [-0.15, -0.1) is 24.8 Å². The monoisotopic (exact) mass is 357 g/mol. The van der Waals surface area contributed by atoms with Gasteiger partial charge in [0.25, 0.3) is 0 Å². The van der Waals surface area contributed by atoms with Gasteiger partial charge in [0.15, 0.2) is 0 Å². The summed E-state index contributed by atoms with van der Waals surface area (Å²) in [5.74, 6) is 0.0487. The number of carbonyl (C=O) groups is 1. The van der Waals surface area contributed by atoms with E-state index in [-0.39, 0.29) is 36.8 Å². The molecule has 1 aliphatic rings. The van der Waals surface area contributed by atoms with Crippen molar-refractivity contribution >= 4 is 36.4 Å². The van der Waals surface area contributed by atoms with Crippen LogP contribution in [-0.4, -0.2) is 33.3 Å². The van der Waals surface area contributed by atoms with Crippen LogP contribution in [0.3, 0.4) is 0 Å². The summed E-state index contributed by atoms with van der Waals surface area (Å²) in [5.41, 5.74) is 1.90. The van der Waals surface area contributed by atoms with Crippen molar-refractivity contribution in [1.29, 1.82) is 0 Å². The zero-order chi connectivity index (χ0) is 14.5. The fraction of sp³-hybridized carbons (Fsp3) is 0.400. The van der Waals surface area contributed by atoms with Gasteiger partial charge in [-0.25, -0.2) is 9.67 Å². The Balaban J connectivity index is 0.00000132. The average Bonchev–Trinajstić information content (AvgIpc) is 3.01. The van der Waals surface area contributed by atoms with E-state index in [9.17, 15) is 4.79 Å². The van der Waals surface area contributed by atoms with Gasteiger partial charge in [0.1, 0.15) is 12.7 Å². The Morgan fingerprint density at radius 1 is 1.35 bits per heavy atom. The van der Waals surface area contributed by atoms with Crippen molar-refractivity contribution in [3.8, 4) is 0 Å². The number of halogens is 2. The van der Waals surface area contributed by atoms with E-state index in [2.05, 4.69) is 20.7 Å². The predicted octanol–water partition coefficient (Wildman–Crippen LogP) is 2.25. The molecule has 6 nitrogen and oxygen atoms in total. The van der Waals surface area contributed by atoms with Gasteiger partial charge in [-0.2, -0.15) is 5.10 Å². The van der Waals surface area contributed by atoms with Gasteiger partial charge < -0.3 is 10.6 Å². The summed E-state index contributed by atoms with van der Waals surface area (Å²) in [6.45, 7) is 1.57. The molecule has 1 atom stereocenters. The van der Waals surface area contributed by atoms with Crippen LogP contribution in [0.2, 0.25) is 0 Å². The van der Waals surface area contributed by atoms with E-state index in [1.165, 1.54) is 6.33 Å². The van der Waals surface area contributed by atoms with E-state index in [1.54, 1.807) is 11.0 Å². The van der Waals surface area contributed by atoms with Gasteiger partial charge >= 0.3 is 0 Å². The van der Waals surface area contributed by atoms with E-state index in [1.807, 2.05) is 24.3 Å². The lowest BCUT2D eigenvalue weighted by molar-refractivity contribution is -0.118. The molecule has 2 N–H and O–H groups in total. The van der Waals surface area contributed by atoms with Crippen LogP contribution in [0.5, 0.6) is 0 Å². The van der Waals surface area contributed by atoms with Crippen molar-refractivity contribution in [2.45, 2.75) is 31.8 Å². The highest BCUT2D eigenvalue weighted by molar-refractivity contribution is 5.94. The maximum absolute atomic E-state index is 12.2. The zero-order valence-electron chi connectivity index (χ0n) is 12.6. The second kappa shape index (κ2) is 9.50. The summed E-state index contributed by atoms with van der Waals surface area (Å²) in [6.07, 6.45) is 6.36. The van der Waals surface area contributed by atoms with Crippen LogP contribution in [0.4, 0.5) is 5.69 Å². The summed E-state index contributed by atoms with van der Waals surface area (Å²) in [5, 5.41) is 10.3. The van der Waals surface area contributed by atoms with Crippen LogP contribution in [0.25, 0.3) is 0 Å². The minimum Gasteiger partial charge on any atom is -0.325 e. The molecule has 0 spiro atoms. The zero-order valence-corrected chi connectivity index (χ0v) is 14.3. The number of piperidine rings is 1. The molecular formula is C15H21Cl2N5O. The summed E-state index contributed by atoms with van der Waals surface area (Å²) in [7, 11) is 0. The first-order valence-electron chi connectivity index (χ1n) is 7.27. The fourth-order valence-electron chi connectivity index (χ4n) is 2.55. The van der Waals surface area contributed by atoms with Gasteiger partial charge in [-0.05, 0) is 37.1 Å². The van der Waals surface area contributed by atoms with Gasteiger partial charge in [-0.3, -0.25) is 4.79 Å². The Morgan fingerprint density at radius 3 is 2.91 bits per heavy atom. The normalized spacial score (nSPS) is 16.8. The van der Waals surface area contributed by atoms with Crippen molar-refractivity contribution in [3.05, 3.63) is 42.5 Å². The maximum Gasteiger partial charge on any atom is 0.241 e. The first-order chi connectivity index (χ1) is 10.3. The third-order valence-electron chi connectivity index (χ3n) is 3.63. The first-order valence-corrected chi connectivity index (χ1v) is 7.27. The molecule has 1 saturated heterocycles. The van der Waals surface area contributed by atoms with E-state index in [0.29, 0.717) is 6.54 Å². The molecule has 1 fully saturated rings. The SMILES string of the molecule is Cl.Cl.O=C(Nc1cccc(Cn2cncn2)c1)[C@H]1CCCCN1. The van der Waals surface area contributed by atoms with Crippen molar-refractivity contribution in [2.24, 2.45) is 0 Å². The molecule has 0 bridgehead atoms. The van der Waals surface area contributed by atoms with Gasteiger partial charge in [0.2, 0.25) is 5.91 Å². The molecule has 0 aliphatic carbocycles. The van der Waals surface area contributed by atoms with E-state index < -0.39 is 0 Å². The average molecular weight is 358 g/mol. The third kappa shape index (κ3) is 5.49. The smallest absolute Gasteiger partial charge is 0.241 e. The molecule has 126 valence electrons. The number of hydrogen-bond donors (Lipinski definition) is 2. The molecule has 0 radical (unpaired) electrons. The molecule has 3 rings (SSSR count). The summed E-state index contributed by atoms with van der Waals surface area (Å²) >= 11 is 0. The molecule has 2 aromatic rings. The van der Waals surface area contributed by atoms with Crippen LogP contribution in [0, 0.1) is 0 Å². The molecular weight excluding hydrogens is 337 g/mol. The highest BCUT2D eigenvalue weighted by atomic mass is 35.5. The summed E-state index contributed by atoms with van der Waals surface area (Å²) in [6, 6.07) is 7.76. The summed E-state index contributed by atoms with van der Waals surface area (Å²) < 4.78 is 1.75. The number of rotatable bonds is 4. The van der Waals surface area contributed by atoms with Gasteiger partial charge in [0, 0.05) is 5.69 Å². The second-order valence-electron chi connectivity index (χ2n) is 5.29. The maximum atomic E-state index is 12.2. The Kier molecular flexibility index (Phi) is 8.02. The lowest BCUT2D eigenvalue weighted by Crippen LogP contribution is -2.43. The van der Waals surface area contributed by atoms with Crippen LogP contribution < -0.4 is 10.6 Å². The minimum absolute atomic E-state index is 0. The Bertz CT molecular complexity index is 600. The highest BCUT2D eigenvalue weighted by Crippen LogP contribution is 2.14. The lowest BCUT2D eigenvalue weighted by Gasteiger charge is -2.22. The van der Waals surface area contributed by atoms with E-state index in [0.717, 1.165) is 37.1 Å². The van der Waals surface area contributed by atoms with E-state index in [4.69, 9.17) is 0 Å². The van der Waals surface area contributed by atoms with Crippen LogP contribution in [-0.2, 0) is 11.3 Å². The van der Waals surface area contributed by atoms with Crippen LogP contribution in [0.15, 0.2) is 36.9 Å². The van der Waals surface area contributed by atoms with E-state index >= 15 is 0 Å². The summed E-state index contributed by atoms with van der Waals surface area (Å²) in [4.78, 5) is 16.1. The Hall–Kier alpha value is -1.63. The standard InChI is InChI=1S/C15H19N5O.2ClH/c21-15(14-6-1-2-7-17-14)19-13-5-3-4-12(8-13)9-20-11-16-10-18-20;;/h3-5,8,10-11,14,17H,1-2,6-7,9H2,(H,19,21);2*1H/t14-;;/m1../s1. The Labute approximate surface area is 147 Å². The van der Waals surface area contributed by atoms with Gasteiger partial charge in [-0.1, -0.05) is 18.6 Å². The number of benzene rings is 1. The predicted molar refractivity (Wildman–Crippen MR) is 94.3 cm³/mol. The molecule has 23 heavy (non-hydrogen) atoms. The molecule has 1 aliphatic heterocycles. The second-order valence-corrected chi connectivity index (χ2v) is 5.29. The fourth-order valence-corrected chi connectivity index (χ4v) is 2.55. The van der Waals surface area contributed by atoms with Gasteiger partial charge in [0.05, 0.1) is 12.6 Å². The highest BCUT2D eigenvalue weighted by Gasteiger charge is 2.20. The molecule has 1 amide bonds. The number of carbonyl (C=O) groups excluding carboxylic acids is 1. The topological polar surface area (TPSA) is 71.8 Å². The number of aromatic nitrogens is 3. The van der Waals surface area contributed by atoms with Crippen molar-refractivity contribution in [1.82, 2.24) is 20.1 Å². The number of hydrogen-bond acceptors (Lipinski definition) is 4. The molecule has 8 heteroatoms. The molecule has 0 saturated carbocycles. The molecule has 1 aromatic heterocycles. The number of nitrogens with zero attached hydrogens (tertiary/aromatic N) is 3. The van der Waals surface area contributed by atoms with Crippen molar-refractivity contribution in [2.75, 3.05) is 11.9 Å². The minimum atomic E-state index is -0.0716. The first kappa shape index (κ1) is 19.4. The van der Waals surface area contributed by atoms with Crippen LogP contribution in [0.1, 0.15) is 24.8 Å². The van der Waals surface area contributed by atoms with Crippen molar-refractivity contribution < 1.29 is 4.79 Å². The van der Waals surface area contributed by atoms with Crippen LogP contribution >= 0.6 is 24.8 Å². The third-order valence-corrected chi connectivity index (χ3v) is 3.63. The molecule has 1 aromatic carbocycles. The number of nitrogens with one attached hydrogen (secondary N) is 2. The molecule has 0 unspecified atom stereocenters. The number of anilines is 1. The largest absolute Gasteiger partial charge is 0.325 e. The van der Waals surface area contributed by atoms with Crippen molar-refractivity contribution in [3.63, 3.8) is 0 Å². The lowest BCUT2D eigenvalue weighted by atomic mass is 10.0. The molecule has 2 heterocycles.